The van der Waals surface area contributed by atoms with Crippen LogP contribution in [0.1, 0.15) is 62.6 Å². The lowest BCUT2D eigenvalue weighted by Crippen LogP contribution is -2.41. The minimum Gasteiger partial charge on any atom is -0.339 e. The van der Waals surface area contributed by atoms with Crippen molar-refractivity contribution in [1.82, 2.24) is 15.0 Å². The Morgan fingerprint density at radius 3 is 2.39 bits per heavy atom. The second-order valence-corrected chi connectivity index (χ2v) is 5.78. The highest BCUT2D eigenvalue weighted by atomic mass is 16.5. The van der Waals surface area contributed by atoms with E-state index < -0.39 is 0 Å². The molecule has 0 atom stereocenters. The molecule has 0 N–H and O–H groups in total. The molecule has 0 amide bonds. The van der Waals surface area contributed by atoms with Crippen molar-refractivity contribution < 1.29 is 4.52 Å². The second-order valence-electron chi connectivity index (χ2n) is 5.78. The van der Waals surface area contributed by atoms with E-state index >= 15 is 0 Å². The molecule has 1 aliphatic carbocycles. The molecule has 1 aromatic heterocycles. The maximum absolute atomic E-state index is 5.30. The highest BCUT2D eigenvalue weighted by Crippen LogP contribution is 2.31. The summed E-state index contributed by atoms with van der Waals surface area (Å²) < 4.78 is 5.30. The third-order valence-corrected chi connectivity index (χ3v) is 4.51. The number of hydrogen-bond acceptors (Lipinski definition) is 4. The lowest BCUT2D eigenvalue weighted by Gasteiger charge is -2.38. The fourth-order valence-corrected chi connectivity index (χ4v) is 3.44. The summed E-state index contributed by atoms with van der Waals surface area (Å²) in [6.45, 7) is 4.30. The van der Waals surface area contributed by atoms with E-state index in [0.29, 0.717) is 5.92 Å². The van der Waals surface area contributed by atoms with Gasteiger partial charge < -0.3 is 9.42 Å². The molecule has 1 aromatic rings. The summed E-state index contributed by atoms with van der Waals surface area (Å²) in [4.78, 5) is 7.07. The number of aromatic nitrogens is 2. The third-order valence-electron chi connectivity index (χ3n) is 4.51. The Kier molecular flexibility index (Phi) is 3.64. The Labute approximate surface area is 109 Å². The average molecular weight is 249 g/mol. The van der Waals surface area contributed by atoms with Gasteiger partial charge in [0, 0.05) is 12.0 Å². The van der Waals surface area contributed by atoms with Gasteiger partial charge in [-0.25, -0.2) is 0 Å². The van der Waals surface area contributed by atoms with Gasteiger partial charge in [-0.1, -0.05) is 24.4 Å². The van der Waals surface area contributed by atoms with Gasteiger partial charge in [0.25, 0.3) is 0 Å². The van der Waals surface area contributed by atoms with Crippen LogP contribution in [0.25, 0.3) is 0 Å². The van der Waals surface area contributed by atoms with Crippen LogP contribution in [0.15, 0.2) is 4.52 Å². The fraction of sp³-hybridized carbons (Fsp3) is 0.857. The SMILES string of the molecule is Cc1noc(C2CCN(C3CCCCC3)CC2)n1. The molecule has 0 bridgehead atoms. The smallest absolute Gasteiger partial charge is 0.229 e. The van der Waals surface area contributed by atoms with Gasteiger partial charge in [0.05, 0.1) is 0 Å². The zero-order valence-electron chi connectivity index (χ0n) is 11.3. The predicted molar refractivity (Wildman–Crippen MR) is 69.5 cm³/mol. The molecule has 1 saturated heterocycles. The van der Waals surface area contributed by atoms with Gasteiger partial charge in [0.2, 0.25) is 5.89 Å². The Hall–Kier alpha value is -0.900. The molecular weight excluding hydrogens is 226 g/mol. The molecule has 2 heterocycles. The Balaban J connectivity index is 1.54. The van der Waals surface area contributed by atoms with Crippen LogP contribution in [-0.4, -0.2) is 34.2 Å². The Morgan fingerprint density at radius 2 is 1.78 bits per heavy atom. The van der Waals surface area contributed by atoms with E-state index in [1.807, 2.05) is 6.92 Å². The quantitative estimate of drug-likeness (QED) is 0.808. The Bertz CT molecular complexity index is 376. The first-order valence-corrected chi connectivity index (χ1v) is 7.37. The summed E-state index contributed by atoms with van der Waals surface area (Å²) in [7, 11) is 0. The van der Waals surface area contributed by atoms with Crippen molar-refractivity contribution in [2.24, 2.45) is 0 Å². The zero-order valence-corrected chi connectivity index (χ0v) is 11.3. The van der Waals surface area contributed by atoms with E-state index in [4.69, 9.17) is 4.52 Å². The maximum Gasteiger partial charge on any atom is 0.229 e. The molecular formula is C14H23N3O. The molecule has 2 aliphatic rings. The van der Waals surface area contributed by atoms with Crippen molar-refractivity contribution in [3.63, 3.8) is 0 Å². The lowest BCUT2D eigenvalue weighted by atomic mass is 9.90. The molecule has 3 rings (SSSR count). The van der Waals surface area contributed by atoms with Crippen molar-refractivity contribution in [2.75, 3.05) is 13.1 Å². The topological polar surface area (TPSA) is 42.2 Å². The van der Waals surface area contributed by atoms with Crippen LogP contribution < -0.4 is 0 Å². The molecule has 100 valence electrons. The summed E-state index contributed by atoms with van der Waals surface area (Å²) in [5, 5.41) is 3.90. The molecule has 4 nitrogen and oxygen atoms in total. The second kappa shape index (κ2) is 5.39. The van der Waals surface area contributed by atoms with Crippen molar-refractivity contribution in [3.8, 4) is 0 Å². The van der Waals surface area contributed by atoms with Gasteiger partial charge in [-0.2, -0.15) is 4.98 Å². The van der Waals surface area contributed by atoms with E-state index in [2.05, 4.69) is 15.0 Å². The number of hydrogen-bond donors (Lipinski definition) is 0. The summed E-state index contributed by atoms with van der Waals surface area (Å²) in [6.07, 6.45) is 9.46. The molecule has 0 unspecified atom stereocenters. The zero-order chi connectivity index (χ0) is 12.4. The normalized spacial score (nSPS) is 24.5. The van der Waals surface area contributed by atoms with Crippen LogP contribution in [0.5, 0.6) is 0 Å². The molecule has 1 saturated carbocycles. The first-order valence-electron chi connectivity index (χ1n) is 7.37. The van der Waals surface area contributed by atoms with Crippen molar-refractivity contribution in [1.29, 1.82) is 0 Å². The molecule has 2 fully saturated rings. The first kappa shape index (κ1) is 12.2. The minimum absolute atomic E-state index is 0.492. The summed E-state index contributed by atoms with van der Waals surface area (Å²) in [5.41, 5.74) is 0. The van der Waals surface area contributed by atoms with Gasteiger partial charge >= 0.3 is 0 Å². The number of piperidine rings is 1. The molecule has 0 radical (unpaired) electrons. The van der Waals surface area contributed by atoms with Crippen molar-refractivity contribution >= 4 is 0 Å². The van der Waals surface area contributed by atoms with Crippen molar-refractivity contribution in [2.45, 2.75) is 63.8 Å². The van der Waals surface area contributed by atoms with E-state index in [-0.39, 0.29) is 0 Å². The van der Waals surface area contributed by atoms with Crippen LogP contribution in [-0.2, 0) is 0 Å². The van der Waals surface area contributed by atoms with Crippen molar-refractivity contribution in [3.05, 3.63) is 11.7 Å². The fourth-order valence-electron chi connectivity index (χ4n) is 3.44. The van der Waals surface area contributed by atoms with Gasteiger partial charge in [0.1, 0.15) is 0 Å². The molecule has 18 heavy (non-hydrogen) atoms. The van der Waals surface area contributed by atoms with E-state index in [0.717, 1.165) is 17.8 Å². The standard InChI is InChI=1S/C14H23N3O/c1-11-15-14(18-16-11)12-7-9-17(10-8-12)13-5-3-2-4-6-13/h12-13H,2-10H2,1H3. The highest BCUT2D eigenvalue weighted by Gasteiger charge is 2.29. The summed E-state index contributed by atoms with van der Waals surface area (Å²) in [6, 6.07) is 0.851. The van der Waals surface area contributed by atoms with Crippen LogP contribution >= 0.6 is 0 Å². The van der Waals surface area contributed by atoms with Crippen LogP contribution in [0.2, 0.25) is 0 Å². The number of nitrogens with zero attached hydrogens (tertiary/aromatic N) is 3. The first-order chi connectivity index (χ1) is 8.83. The number of rotatable bonds is 2. The monoisotopic (exact) mass is 249 g/mol. The third kappa shape index (κ3) is 2.58. The Morgan fingerprint density at radius 1 is 1.06 bits per heavy atom. The predicted octanol–water partition coefficient (Wildman–Crippen LogP) is 2.89. The molecule has 0 spiro atoms. The summed E-state index contributed by atoms with van der Waals surface area (Å²) >= 11 is 0. The number of aryl methyl sites for hydroxylation is 1. The lowest BCUT2D eigenvalue weighted by molar-refractivity contribution is 0.115. The van der Waals surface area contributed by atoms with E-state index in [9.17, 15) is 0 Å². The molecule has 1 aliphatic heterocycles. The van der Waals surface area contributed by atoms with Gasteiger partial charge in [0.15, 0.2) is 5.82 Å². The van der Waals surface area contributed by atoms with E-state index in [1.54, 1.807) is 0 Å². The number of likely N-dealkylation sites (tertiary alicyclic amines) is 1. The van der Waals surface area contributed by atoms with Gasteiger partial charge in [-0.3, -0.25) is 0 Å². The van der Waals surface area contributed by atoms with Crippen LogP contribution in [0.3, 0.4) is 0 Å². The molecule has 4 heteroatoms. The maximum atomic E-state index is 5.30. The van der Waals surface area contributed by atoms with Gasteiger partial charge in [-0.05, 0) is 45.7 Å². The molecule has 0 aromatic carbocycles. The largest absolute Gasteiger partial charge is 0.339 e. The highest BCUT2D eigenvalue weighted by molar-refractivity contribution is 4.96. The average Bonchev–Trinajstić information content (AvgIpc) is 2.87. The summed E-state index contributed by atoms with van der Waals surface area (Å²) in [5.74, 6) is 2.11. The van der Waals surface area contributed by atoms with Crippen LogP contribution in [0.4, 0.5) is 0 Å². The van der Waals surface area contributed by atoms with Crippen LogP contribution in [0, 0.1) is 6.92 Å². The van der Waals surface area contributed by atoms with E-state index in [1.165, 1.54) is 58.0 Å². The van der Waals surface area contributed by atoms with Gasteiger partial charge in [-0.15, -0.1) is 0 Å². The minimum atomic E-state index is 0.492.